The average Bonchev–Trinajstić information content (AvgIpc) is 3.09. The molecule has 1 aromatic heterocycles. The number of piperidine rings is 1. The standard InChI is InChI=1S/C34H37F8N5O4/c1-3-50-29-27(30(51-4-2)44-21-43-29)47(31(49)32(35,36)34(40,41)42)18-8-7-17-46-19-15-24(16-20-46)45-28(48)26-10-6-5-9-25(26)22-11-13-23(14-12-22)33(37,38)39/h5-6,9-14,21,24H,3-4,7-8,15-20H2,1-2H3,(H,45,48). The molecule has 3 aromatic rings. The molecule has 0 spiro atoms. The minimum atomic E-state index is -6.15. The molecule has 0 unspecified atom stereocenters. The summed E-state index contributed by atoms with van der Waals surface area (Å²) in [7, 11) is 0. The van der Waals surface area contributed by atoms with Crippen molar-refractivity contribution in [3.05, 3.63) is 66.0 Å². The van der Waals surface area contributed by atoms with Crippen LogP contribution in [-0.2, 0) is 11.0 Å². The number of anilines is 1. The van der Waals surface area contributed by atoms with Gasteiger partial charge in [0.25, 0.3) is 5.91 Å². The van der Waals surface area contributed by atoms with Crippen molar-refractivity contribution in [1.82, 2.24) is 20.2 Å². The molecular formula is C34H37F8N5O4. The van der Waals surface area contributed by atoms with Crippen LogP contribution in [0, 0.1) is 0 Å². The van der Waals surface area contributed by atoms with Crippen molar-refractivity contribution in [2.24, 2.45) is 0 Å². The Hall–Kier alpha value is -4.54. The van der Waals surface area contributed by atoms with Crippen LogP contribution in [0.25, 0.3) is 11.1 Å². The summed E-state index contributed by atoms with van der Waals surface area (Å²) in [5.74, 6) is -9.36. The number of hydrogen-bond donors (Lipinski definition) is 1. The summed E-state index contributed by atoms with van der Waals surface area (Å²) in [5, 5.41) is 2.98. The van der Waals surface area contributed by atoms with E-state index in [9.17, 15) is 44.7 Å². The number of hydrogen-bond acceptors (Lipinski definition) is 7. The van der Waals surface area contributed by atoms with Gasteiger partial charge >= 0.3 is 24.2 Å². The van der Waals surface area contributed by atoms with Gasteiger partial charge in [0.1, 0.15) is 6.33 Å². The van der Waals surface area contributed by atoms with E-state index >= 15 is 0 Å². The highest BCUT2D eigenvalue weighted by atomic mass is 19.4. The van der Waals surface area contributed by atoms with Crippen LogP contribution in [0.3, 0.4) is 0 Å². The Balaban J connectivity index is 1.36. The fourth-order valence-corrected chi connectivity index (χ4v) is 5.61. The van der Waals surface area contributed by atoms with Gasteiger partial charge in [-0.1, -0.05) is 30.3 Å². The number of likely N-dealkylation sites (tertiary alicyclic amines) is 1. The molecule has 0 aliphatic carbocycles. The van der Waals surface area contributed by atoms with E-state index in [4.69, 9.17) is 9.47 Å². The van der Waals surface area contributed by atoms with Gasteiger partial charge in [-0.15, -0.1) is 0 Å². The number of unbranched alkanes of at least 4 members (excludes halogenated alkanes) is 1. The molecule has 278 valence electrons. The van der Waals surface area contributed by atoms with Crippen molar-refractivity contribution in [3.63, 3.8) is 0 Å². The summed E-state index contributed by atoms with van der Waals surface area (Å²) >= 11 is 0. The molecule has 9 nitrogen and oxygen atoms in total. The molecular weight excluding hydrogens is 694 g/mol. The highest BCUT2D eigenvalue weighted by Crippen LogP contribution is 2.42. The van der Waals surface area contributed by atoms with E-state index < -0.39 is 42.0 Å². The number of nitrogens with zero attached hydrogens (tertiary/aromatic N) is 4. The quantitative estimate of drug-likeness (QED) is 0.139. The van der Waals surface area contributed by atoms with E-state index in [1.165, 1.54) is 12.1 Å². The minimum Gasteiger partial charge on any atom is -0.476 e. The summed E-state index contributed by atoms with van der Waals surface area (Å²) in [4.78, 5) is 36.0. The number of nitrogens with one attached hydrogen (secondary N) is 1. The first-order chi connectivity index (χ1) is 24.1. The predicted octanol–water partition coefficient (Wildman–Crippen LogP) is 7.17. The Morgan fingerprint density at radius 2 is 1.45 bits per heavy atom. The summed E-state index contributed by atoms with van der Waals surface area (Å²) in [5.41, 5.74) is -0.0873. The lowest BCUT2D eigenvalue weighted by Crippen LogP contribution is -2.53. The lowest BCUT2D eigenvalue weighted by molar-refractivity contribution is -0.268. The highest BCUT2D eigenvalue weighted by Gasteiger charge is 2.65. The summed E-state index contributed by atoms with van der Waals surface area (Å²) < 4.78 is 118. The average molecular weight is 732 g/mol. The van der Waals surface area contributed by atoms with Gasteiger partial charge in [0.15, 0.2) is 5.69 Å². The van der Waals surface area contributed by atoms with Crippen molar-refractivity contribution in [2.75, 3.05) is 44.3 Å². The van der Waals surface area contributed by atoms with Gasteiger partial charge in [0.05, 0.1) is 18.8 Å². The summed E-state index contributed by atoms with van der Waals surface area (Å²) in [6.45, 7) is 3.98. The lowest BCUT2D eigenvalue weighted by Gasteiger charge is -2.33. The molecule has 1 fully saturated rings. The first-order valence-electron chi connectivity index (χ1n) is 16.2. The van der Waals surface area contributed by atoms with Gasteiger partial charge in [-0.25, -0.2) is 0 Å². The Morgan fingerprint density at radius 3 is 2.00 bits per heavy atom. The van der Waals surface area contributed by atoms with Crippen molar-refractivity contribution in [3.8, 4) is 22.9 Å². The van der Waals surface area contributed by atoms with Crippen molar-refractivity contribution < 1.29 is 54.2 Å². The molecule has 0 radical (unpaired) electrons. The van der Waals surface area contributed by atoms with Crippen LogP contribution in [0.4, 0.5) is 40.8 Å². The van der Waals surface area contributed by atoms with Crippen molar-refractivity contribution in [1.29, 1.82) is 0 Å². The van der Waals surface area contributed by atoms with E-state index in [1.807, 2.05) is 4.90 Å². The predicted molar refractivity (Wildman–Crippen MR) is 171 cm³/mol. The molecule has 4 rings (SSSR count). The number of benzene rings is 2. The highest BCUT2D eigenvalue weighted by molar-refractivity contribution is 6.01. The van der Waals surface area contributed by atoms with Crippen LogP contribution in [0.2, 0.25) is 0 Å². The van der Waals surface area contributed by atoms with Crippen molar-refractivity contribution >= 4 is 17.5 Å². The Morgan fingerprint density at radius 1 is 0.863 bits per heavy atom. The first-order valence-corrected chi connectivity index (χ1v) is 16.2. The molecule has 2 amide bonds. The van der Waals surface area contributed by atoms with Gasteiger partial charge in [0, 0.05) is 31.2 Å². The Bertz CT molecular complexity index is 1600. The van der Waals surface area contributed by atoms with Gasteiger partial charge < -0.3 is 19.7 Å². The maximum Gasteiger partial charge on any atom is 0.463 e. The topological polar surface area (TPSA) is 96.9 Å². The zero-order valence-corrected chi connectivity index (χ0v) is 27.8. The molecule has 17 heteroatoms. The van der Waals surface area contributed by atoms with Crippen LogP contribution < -0.4 is 19.7 Å². The Kier molecular flexibility index (Phi) is 12.8. The van der Waals surface area contributed by atoms with Crippen LogP contribution in [0.5, 0.6) is 11.8 Å². The van der Waals surface area contributed by atoms with E-state index in [0.29, 0.717) is 55.6 Å². The van der Waals surface area contributed by atoms with Crippen LogP contribution in [0.15, 0.2) is 54.9 Å². The van der Waals surface area contributed by atoms with Crippen LogP contribution >= 0.6 is 0 Å². The van der Waals surface area contributed by atoms with Gasteiger partial charge in [-0.3, -0.25) is 14.5 Å². The van der Waals surface area contributed by atoms with E-state index in [1.54, 1.807) is 38.1 Å². The molecule has 1 aliphatic rings. The number of carbonyl (C=O) groups is 2. The lowest BCUT2D eigenvalue weighted by atomic mass is 9.97. The number of carbonyl (C=O) groups excluding carboxylic acids is 2. The van der Waals surface area contributed by atoms with Gasteiger partial charge in [-0.2, -0.15) is 45.1 Å². The molecule has 0 bridgehead atoms. The first kappa shape index (κ1) is 39.2. The van der Waals surface area contributed by atoms with Gasteiger partial charge in [0.2, 0.25) is 11.8 Å². The molecule has 2 aromatic carbocycles. The zero-order chi connectivity index (χ0) is 37.4. The zero-order valence-electron chi connectivity index (χ0n) is 27.8. The maximum absolute atomic E-state index is 14.4. The molecule has 0 saturated carbocycles. The second-order valence-corrected chi connectivity index (χ2v) is 11.6. The normalized spacial score (nSPS) is 14.6. The third-order valence-corrected chi connectivity index (χ3v) is 8.18. The number of halogens is 8. The van der Waals surface area contributed by atoms with Crippen LogP contribution in [0.1, 0.15) is 55.5 Å². The molecule has 2 heterocycles. The van der Waals surface area contributed by atoms with E-state index in [-0.39, 0.29) is 48.2 Å². The SMILES string of the molecule is CCOc1ncnc(OCC)c1N(CCCCN1CCC(NC(=O)c2ccccc2-c2ccc(C(F)(F)F)cc2)CC1)C(=O)C(F)(F)C(F)(F)F. The Labute approximate surface area is 288 Å². The molecule has 1 aliphatic heterocycles. The summed E-state index contributed by atoms with van der Waals surface area (Å²) in [6, 6.07) is 10.9. The summed E-state index contributed by atoms with van der Waals surface area (Å²) in [6.07, 6.45) is -8.21. The van der Waals surface area contributed by atoms with Gasteiger partial charge in [-0.05, 0) is 75.4 Å². The fraction of sp³-hybridized carbons (Fsp3) is 0.471. The molecule has 51 heavy (non-hydrogen) atoms. The van der Waals surface area contributed by atoms with E-state index in [0.717, 1.165) is 18.5 Å². The number of ether oxygens (including phenoxy) is 2. The minimum absolute atomic E-state index is 0.0309. The second-order valence-electron chi connectivity index (χ2n) is 11.6. The smallest absolute Gasteiger partial charge is 0.463 e. The molecule has 1 N–H and O–H groups in total. The third kappa shape index (κ3) is 9.62. The van der Waals surface area contributed by atoms with Crippen LogP contribution in [-0.4, -0.2) is 84.2 Å². The number of rotatable bonds is 14. The second kappa shape index (κ2) is 16.7. The number of amides is 2. The van der Waals surface area contributed by atoms with E-state index in [2.05, 4.69) is 15.3 Å². The third-order valence-electron chi connectivity index (χ3n) is 8.18. The maximum atomic E-state index is 14.4. The van der Waals surface area contributed by atoms with Crippen molar-refractivity contribution in [2.45, 2.75) is 63.8 Å². The number of alkyl halides is 8. The monoisotopic (exact) mass is 731 g/mol. The fourth-order valence-electron chi connectivity index (χ4n) is 5.61. The molecule has 1 saturated heterocycles. The largest absolute Gasteiger partial charge is 0.476 e. The molecule has 0 atom stereocenters. The number of aromatic nitrogens is 2.